The van der Waals surface area contributed by atoms with Gasteiger partial charge in [0.05, 0.1) is 17.4 Å². The van der Waals surface area contributed by atoms with E-state index < -0.39 is 6.10 Å². The van der Waals surface area contributed by atoms with E-state index in [2.05, 4.69) is 21.7 Å². The van der Waals surface area contributed by atoms with Crippen LogP contribution in [0.25, 0.3) is 0 Å². The van der Waals surface area contributed by atoms with Crippen molar-refractivity contribution in [3.05, 3.63) is 51.2 Å². The second-order valence-corrected chi connectivity index (χ2v) is 7.56. The number of rotatable bonds is 6. The fourth-order valence-electron chi connectivity index (χ4n) is 2.70. The van der Waals surface area contributed by atoms with Gasteiger partial charge in [0.25, 0.3) is 0 Å². The zero-order valence-electron chi connectivity index (χ0n) is 14.0. The maximum absolute atomic E-state index is 10.2. The summed E-state index contributed by atoms with van der Waals surface area (Å²) in [6, 6.07) is 11.7. The SMILES string of the molecule is CCNC(=NCC(O)c1ccc(Cl)s1)NCC1Cc2ccccc2O1. The van der Waals surface area contributed by atoms with Gasteiger partial charge in [-0.25, -0.2) is 0 Å². The summed E-state index contributed by atoms with van der Waals surface area (Å²) in [4.78, 5) is 5.28. The van der Waals surface area contributed by atoms with E-state index in [1.165, 1.54) is 16.9 Å². The van der Waals surface area contributed by atoms with Crippen LogP contribution in [0.1, 0.15) is 23.5 Å². The Balaban J connectivity index is 1.53. The van der Waals surface area contributed by atoms with Crippen LogP contribution in [0.3, 0.4) is 0 Å². The molecule has 2 atom stereocenters. The quantitative estimate of drug-likeness (QED) is 0.533. The number of thiophene rings is 1. The second kappa shape index (κ2) is 8.56. The lowest BCUT2D eigenvalue weighted by Crippen LogP contribution is -2.42. The summed E-state index contributed by atoms with van der Waals surface area (Å²) in [5, 5.41) is 16.7. The van der Waals surface area contributed by atoms with Crippen LogP contribution in [0.5, 0.6) is 5.75 Å². The predicted octanol–water partition coefficient (Wildman–Crippen LogP) is 2.99. The Hall–Kier alpha value is -1.76. The fraction of sp³-hybridized carbons (Fsp3) is 0.389. The van der Waals surface area contributed by atoms with Crippen molar-refractivity contribution in [2.24, 2.45) is 4.99 Å². The van der Waals surface area contributed by atoms with E-state index in [4.69, 9.17) is 16.3 Å². The minimum atomic E-state index is -0.653. The van der Waals surface area contributed by atoms with Gasteiger partial charge in [0.15, 0.2) is 5.96 Å². The Kier molecular flexibility index (Phi) is 6.18. The average molecular weight is 380 g/mol. The van der Waals surface area contributed by atoms with E-state index in [-0.39, 0.29) is 12.6 Å². The summed E-state index contributed by atoms with van der Waals surface area (Å²) in [5.74, 6) is 1.63. The normalized spacial score (nSPS) is 17.7. The summed E-state index contributed by atoms with van der Waals surface area (Å²) in [7, 11) is 0. The number of benzene rings is 1. The molecule has 1 aliphatic heterocycles. The van der Waals surface area contributed by atoms with Crippen LogP contribution in [0.4, 0.5) is 0 Å². The molecule has 0 saturated heterocycles. The zero-order valence-corrected chi connectivity index (χ0v) is 15.6. The van der Waals surface area contributed by atoms with Gasteiger partial charge in [-0.3, -0.25) is 4.99 Å². The number of para-hydroxylation sites is 1. The molecule has 1 aromatic carbocycles. The van der Waals surface area contributed by atoms with E-state index in [0.717, 1.165) is 23.6 Å². The molecule has 5 nitrogen and oxygen atoms in total. The maximum atomic E-state index is 10.2. The number of nitrogens with one attached hydrogen (secondary N) is 2. The predicted molar refractivity (Wildman–Crippen MR) is 103 cm³/mol. The molecule has 0 spiro atoms. The van der Waals surface area contributed by atoms with Gasteiger partial charge in [0, 0.05) is 17.8 Å². The zero-order chi connectivity index (χ0) is 17.6. The van der Waals surface area contributed by atoms with E-state index in [1.54, 1.807) is 6.07 Å². The Bertz CT molecular complexity index is 710. The second-order valence-electron chi connectivity index (χ2n) is 5.81. The Morgan fingerprint density at radius 3 is 2.92 bits per heavy atom. The van der Waals surface area contributed by atoms with Crippen molar-refractivity contribution in [1.29, 1.82) is 0 Å². The third kappa shape index (κ3) is 4.87. The molecule has 0 saturated carbocycles. The number of aliphatic imine (C=N–C) groups is 1. The van der Waals surface area contributed by atoms with Crippen LogP contribution in [-0.4, -0.2) is 36.8 Å². The summed E-state index contributed by atoms with van der Waals surface area (Å²) in [5.41, 5.74) is 1.24. The lowest BCUT2D eigenvalue weighted by atomic mass is 10.1. The van der Waals surface area contributed by atoms with Crippen LogP contribution < -0.4 is 15.4 Å². The highest BCUT2D eigenvalue weighted by atomic mass is 35.5. The van der Waals surface area contributed by atoms with E-state index in [0.29, 0.717) is 16.8 Å². The first-order valence-electron chi connectivity index (χ1n) is 8.35. The number of nitrogens with zero attached hydrogens (tertiary/aromatic N) is 1. The number of guanidine groups is 1. The molecule has 1 aromatic heterocycles. The molecule has 134 valence electrons. The highest BCUT2D eigenvalue weighted by Crippen LogP contribution is 2.28. The first-order valence-corrected chi connectivity index (χ1v) is 9.55. The molecule has 0 radical (unpaired) electrons. The number of halogens is 1. The average Bonchev–Trinajstić information content (AvgIpc) is 3.22. The summed E-state index contributed by atoms with van der Waals surface area (Å²) < 4.78 is 6.59. The molecule has 3 N–H and O–H groups in total. The molecule has 0 aliphatic carbocycles. The minimum absolute atomic E-state index is 0.0854. The molecule has 0 bridgehead atoms. The molecule has 2 heterocycles. The van der Waals surface area contributed by atoms with Crippen molar-refractivity contribution in [3.8, 4) is 5.75 Å². The third-order valence-electron chi connectivity index (χ3n) is 3.90. The highest BCUT2D eigenvalue weighted by Gasteiger charge is 2.22. The Morgan fingerprint density at radius 2 is 2.20 bits per heavy atom. The van der Waals surface area contributed by atoms with Crippen molar-refractivity contribution in [2.45, 2.75) is 25.6 Å². The monoisotopic (exact) mass is 379 g/mol. The summed E-state index contributed by atoms with van der Waals surface area (Å²) in [6.45, 7) is 3.69. The van der Waals surface area contributed by atoms with Gasteiger partial charge in [-0.1, -0.05) is 29.8 Å². The summed E-state index contributed by atoms with van der Waals surface area (Å²) in [6.07, 6.45) is 0.320. The third-order valence-corrected chi connectivity index (χ3v) is 5.23. The largest absolute Gasteiger partial charge is 0.488 e. The van der Waals surface area contributed by atoms with Crippen molar-refractivity contribution >= 4 is 28.9 Å². The van der Waals surface area contributed by atoms with Gasteiger partial charge in [-0.2, -0.15) is 0 Å². The molecule has 2 aromatic rings. The highest BCUT2D eigenvalue weighted by molar-refractivity contribution is 7.16. The van der Waals surface area contributed by atoms with E-state index >= 15 is 0 Å². The van der Waals surface area contributed by atoms with Gasteiger partial charge in [-0.05, 0) is 30.7 Å². The Labute approximate surface area is 156 Å². The molecule has 0 amide bonds. The smallest absolute Gasteiger partial charge is 0.191 e. The van der Waals surface area contributed by atoms with Crippen molar-refractivity contribution in [1.82, 2.24) is 10.6 Å². The Morgan fingerprint density at radius 1 is 1.36 bits per heavy atom. The molecule has 2 unspecified atom stereocenters. The van der Waals surface area contributed by atoms with E-state index in [1.807, 2.05) is 31.2 Å². The molecule has 25 heavy (non-hydrogen) atoms. The van der Waals surface area contributed by atoms with Gasteiger partial charge in [-0.15, -0.1) is 11.3 Å². The van der Waals surface area contributed by atoms with Gasteiger partial charge >= 0.3 is 0 Å². The molecule has 0 fully saturated rings. The number of ether oxygens (including phenoxy) is 1. The lowest BCUT2D eigenvalue weighted by molar-refractivity contribution is 0.191. The molecular formula is C18H22ClN3O2S. The first kappa shape index (κ1) is 18.0. The number of hydrogen-bond acceptors (Lipinski definition) is 4. The van der Waals surface area contributed by atoms with Crippen molar-refractivity contribution < 1.29 is 9.84 Å². The number of aliphatic hydroxyl groups excluding tert-OH is 1. The number of aliphatic hydroxyl groups is 1. The lowest BCUT2D eigenvalue weighted by Gasteiger charge is -2.16. The van der Waals surface area contributed by atoms with Crippen molar-refractivity contribution in [3.63, 3.8) is 0 Å². The number of hydrogen-bond donors (Lipinski definition) is 3. The maximum Gasteiger partial charge on any atom is 0.191 e. The van der Waals surface area contributed by atoms with E-state index in [9.17, 15) is 5.11 Å². The molecule has 3 rings (SSSR count). The van der Waals surface area contributed by atoms with Crippen molar-refractivity contribution in [2.75, 3.05) is 19.6 Å². The molecular weight excluding hydrogens is 358 g/mol. The standard InChI is InChI=1S/C18H22ClN3O2S/c1-2-20-18(22-11-14(23)16-7-8-17(19)25-16)21-10-13-9-12-5-3-4-6-15(12)24-13/h3-8,13-14,23H,2,9-11H2,1H3,(H2,20,21,22). The van der Waals surface area contributed by atoms with Crippen LogP contribution in [0.2, 0.25) is 4.34 Å². The van der Waals surface area contributed by atoms with Gasteiger partial charge in [0.2, 0.25) is 0 Å². The van der Waals surface area contributed by atoms with Crippen LogP contribution in [0, 0.1) is 0 Å². The fourth-order valence-corrected chi connectivity index (χ4v) is 3.73. The topological polar surface area (TPSA) is 65.9 Å². The number of fused-ring (bicyclic) bond motifs is 1. The molecule has 7 heteroatoms. The van der Waals surface area contributed by atoms with Gasteiger partial charge in [0.1, 0.15) is 18.0 Å². The van der Waals surface area contributed by atoms with Crippen LogP contribution >= 0.6 is 22.9 Å². The summed E-state index contributed by atoms with van der Waals surface area (Å²) >= 11 is 7.28. The van der Waals surface area contributed by atoms with Crippen LogP contribution in [-0.2, 0) is 6.42 Å². The van der Waals surface area contributed by atoms with Gasteiger partial charge < -0.3 is 20.5 Å². The van der Waals surface area contributed by atoms with Crippen LogP contribution in [0.15, 0.2) is 41.4 Å². The molecule has 1 aliphatic rings. The first-order chi connectivity index (χ1) is 12.2. The minimum Gasteiger partial charge on any atom is -0.488 e.